The Labute approximate surface area is 106 Å². The molecule has 0 fully saturated rings. The molecule has 1 aliphatic rings. The highest BCUT2D eigenvalue weighted by atomic mass is 16.1. The maximum absolute atomic E-state index is 12.0. The van der Waals surface area contributed by atoms with E-state index >= 15 is 0 Å². The van der Waals surface area contributed by atoms with Crippen molar-refractivity contribution in [2.75, 3.05) is 19.6 Å². The van der Waals surface area contributed by atoms with E-state index in [1.807, 2.05) is 30.0 Å². The van der Waals surface area contributed by atoms with Gasteiger partial charge in [-0.3, -0.25) is 14.7 Å². The van der Waals surface area contributed by atoms with Gasteiger partial charge in [-0.2, -0.15) is 0 Å². The van der Waals surface area contributed by atoms with E-state index in [4.69, 9.17) is 0 Å². The lowest BCUT2D eigenvalue weighted by Crippen LogP contribution is -2.33. The first-order chi connectivity index (χ1) is 8.74. The average molecular weight is 244 g/mol. The van der Waals surface area contributed by atoms with Crippen molar-refractivity contribution in [3.8, 4) is 0 Å². The van der Waals surface area contributed by atoms with Gasteiger partial charge in [-0.1, -0.05) is 19.1 Å². The van der Waals surface area contributed by atoms with E-state index in [9.17, 15) is 9.59 Å². The molecule has 0 radical (unpaired) electrons. The Kier molecular flexibility index (Phi) is 3.99. The highest BCUT2D eigenvalue weighted by Crippen LogP contribution is 2.25. The molecule has 0 aliphatic carbocycles. The Balaban J connectivity index is 2.19. The molecule has 1 heterocycles. The Morgan fingerprint density at radius 2 is 2.17 bits per heavy atom. The summed E-state index contributed by atoms with van der Waals surface area (Å²) in [5.74, 6) is 0.109. The van der Waals surface area contributed by atoms with Crippen LogP contribution in [0.5, 0.6) is 0 Å². The van der Waals surface area contributed by atoms with Gasteiger partial charge in [-0.25, -0.2) is 0 Å². The second-order valence-electron chi connectivity index (χ2n) is 4.29. The first kappa shape index (κ1) is 12.6. The Morgan fingerprint density at radius 1 is 1.39 bits per heavy atom. The number of carbonyl (C=O) groups is 2. The molecule has 4 heteroatoms. The fourth-order valence-electron chi connectivity index (χ4n) is 2.06. The number of Topliss-reactive ketones (excluding diaryl/α,β-unsaturated/α-hetero) is 1. The van der Waals surface area contributed by atoms with Crippen molar-refractivity contribution in [1.82, 2.24) is 4.90 Å². The van der Waals surface area contributed by atoms with Crippen molar-refractivity contribution in [3.05, 3.63) is 29.8 Å². The van der Waals surface area contributed by atoms with E-state index in [0.29, 0.717) is 25.1 Å². The smallest absolute Gasteiger partial charge is 0.170 e. The number of hydrogen-bond donors (Lipinski definition) is 0. The van der Waals surface area contributed by atoms with Crippen molar-refractivity contribution in [2.45, 2.75) is 13.3 Å². The third kappa shape index (κ3) is 2.71. The number of aliphatic imine (C=N–C) groups is 1. The van der Waals surface area contributed by atoms with E-state index < -0.39 is 0 Å². The Bertz CT molecular complexity index is 494. The molecule has 0 aromatic heterocycles. The number of ketones is 1. The zero-order valence-electron chi connectivity index (χ0n) is 10.4. The molecule has 0 unspecified atom stereocenters. The third-order valence-corrected chi connectivity index (χ3v) is 3.03. The molecule has 1 aromatic carbocycles. The van der Waals surface area contributed by atoms with Crippen molar-refractivity contribution in [3.63, 3.8) is 0 Å². The monoisotopic (exact) mass is 244 g/mol. The number of rotatable bonds is 5. The predicted octanol–water partition coefficient (Wildman–Crippen LogP) is 1.87. The number of benzene rings is 1. The van der Waals surface area contributed by atoms with Crippen LogP contribution in [0.4, 0.5) is 5.69 Å². The fourth-order valence-corrected chi connectivity index (χ4v) is 2.06. The molecular weight excluding hydrogens is 228 g/mol. The zero-order valence-corrected chi connectivity index (χ0v) is 10.4. The lowest BCUT2D eigenvalue weighted by Gasteiger charge is -2.21. The van der Waals surface area contributed by atoms with Crippen LogP contribution in [0.2, 0.25) is 0 Å². The zero-order chi connectivity index (χ0) is 13.0. The molecule has 4 nitrogen and oxygen atoms in total. The largest absolute Gasteiger partial charge is 0.302 e. The molecule has 0 atom stereocenters. The SMILES string of the molecule is CCN(CC=O)CC1=Nc2ccccc2C(=O)C1. The summed E-state index contributed by atoms with van der Waals surface area (Å²) in [6.07, 6.45) is 1.23. The summed E-state index contributed by atoms with van der Waals surface area (Å²) < 4.78 is 0. The summed E-state index contributed by atoms with van der Waals surface area (Å²) in [5, 5.41) is 0. The van der Waals surface area contributed by atoms with Gasteiger partial charge in [0.1, 0.15) is 6.29 Å². The number of carbonyl (C=O) groups excluding carboxylic acids is 2. The first-order valence-corrected chi connectivity index (χ1v) is 6.09. The van der Waals surface area contributed by atoms with Crippen LogP contribution in [0.1, 0.15) is 23.7 Å². The van der Waals surface area contributed by atoms with E-state index in [1.54, 1.807) is 6.07 Å². The molecule has 0 amide bonds. The molecule has 0 bridgehead atoms. The maximum atomic E-state index is 12.0. The minimum atomic E-state index is 0.109. The number of aldehydes is 1. The highest BCUT2D eigenvalue weighted by Gasteiger charge is 2.20. The summed E-state index contributed by atoms with van der Waals surface area (Å²) in [7, 11) is 0. The molecule has 0 saturated carbocycles. The molecule has 1 aromatic rings. The van der Waals surface area contributed by atoms with Gasteiger partial charge in [0.25, 0.3) is 0 Å². The van der Waals surface area contributed by atoms with Crippen LogP contribution in [0.3, 0.4) is 0 Å². The molecule has 18 heavy (non-hydrogen) atoms. The lowest BCUT2D eigenvalue weighted by molar-refractivity contribution is -0.108. The molecule has 0 spiro atoms. The minimum Gasteiger partial charge on any atom is -0.302 e. The number of likely N-dealkylation sites (N-methyl/N-ethyl adjacent to an activating group) is 1. The van der Waals surface area contributed by atoms with Crippen LogP contribution < -0.4 is 0 Å². The van der Waals surface area contributed by atoms with Crippen LogP contribution in [0, 0.1) is 0 Å². The van der Waals surface area contributed by atoms with Crippen molar-refractivity contribution < 1.29 is 9.59 Å². The van der Waals surface area contributed by atoms with Gasteiger partial charge >= 0.3 is 0 Å². The highest BCUT2D eigenvalue weighted by molar-refractivity contribution is 6.16. The molecule has 2 rings (SSSR count). The number of nitrogens with zero attached hydrogens (tertiary/aromatic N) is 2. The van der Waals surface area contributed by atoms with Gasteiger partial charge < -0.3 is 4.79 Å². The van der Waals surface area contributed by atoms with Gasteiger partial charge in [-0.15, -0.1) is 0 Å². The average Bonchev–Trinajstić information content (AvgIpc) is 2.38. The normalized spacial score (nSPS) is 14.3. The van der Waals surface area contributed by atoms with Crippen LogP contribution >= 0.6 is 0 Å². The van der Waals surface area contributed by atoms with E-state index in [0.717, 1.165) is 24.2 Å². The van der Waals surface area contributed by atoms with Gasteiger partial charge in [0.2, 0.25) is 0 Å². The van der Waals surface area contributed by atoms with Gasteiger partial charge in [0.15, 0.2) is 5.78 Å². The summed E-state index contributed by atoms with van der Waals surface area (Å²) in [4.78, 5) is 29.0. The topological polar surface area (TPSA) is 49.7 Å². The van der Waals surface area contributed by atoms with Crippen LogP contribution in [0.25, 0.3) is 0 Å². The Hall–Kier alpha value is -1.81. The van der Waals surface area contributed by atoms with Gasteiger partial charge in [-0.05, 0) is 18.7 Å². The van der Waals surface area contributed by atoms with Crippen molar-refractivity contribution in [2.24, 2.45) is 4.99 Å². The molecular formula is C14H16N2O2. The lowest BCUT2D eigenvalue weighted by atomic mass is 10.00. The van der Waals surface area contributed by atoms with Crippen LogP contribution in [0.15, 0.2) is 29.3 Å². The minimum absolute atomic E-state index is 0.109. The second kappa shape index (κ2) is 5.69. The van der Waals surface area contributed by atoms with Gasteiger partial charge in [0, 0.05) is 17.8 Å². The molecule has 0 saturated heterocycles. The van der Waals surface area contributed by atoms with Crippen LogP contribution in [-0.4, -0.2) is 42.3 Å². The molecule has 0 N–H and O–H groups in total. The summed E-state index contributed by atoms with van der Waals surface area (Å²) in [6, 6.07) is 7.38. The number of hydrogen-bond acceptors (Lipinski definition) is 4. The number of fused-ring (bicyclic) bond motifs is 1. The molecule has 1 aliphatic heterocycles. The van der Waals surface area contributed by atoms with E-state index in [2.05, 4.69) is 4.99 Å². The summed E-state index contributed by atoms with van der Waals surface area (Å²) >= 11 is 0. The summed E-state index contributed by atoms with van der Waals surface area (Å²) in [5.41, 5.74) is 2.27. The van der Waals surface area contributed by atoms with Crippen molar-refractivity contribution in [1.29, 1.82) is 0 Å². The Morgan fingerprint density at radius 3 is 2.89 bits per heavy atom. The second-order valence-corrected chi connectivity index (χ2v) is 4.29. The van der Waals surface area contributed by atoms with Crippen molar-refractivity contribution >= 4 is 23.5 Å². The van der Waals surface area contributed by atoms with Crippen LogP contribution in [-0.2, 0) is 4.79 Å². The predicted molar refractivity (Wildman–Crippen MR) is 70.7 cm³/mol. The first-order valence-electron chi connectivity index (χ1n) is 6.09. The summed E-state index contributed by atoms with van der Waals surface area (Å²) in [6.45, 7) is 3.72. The third-order valence-electron chi connectivity index (χ3n) is 3.03. The number of para-hydroxylation sites is 1. The van der Waals surface area contributed by atoms with E-state index in [1.165, 1.54) is 0 Å². The quantitative estimate of drug-likeness (QED) is 0.743. The van der Waals surface area contributed by atoms with Gasteiger partial charge in [0.05, 0.1) is 18.7 Å². The van der Waals surface area contributed by atoms with E-state index in [-0.39, 0.29) is 5.78 Å². The standard InChI is InChI=1S/C14H16N2O2/c1-2-16(7-8-17)10-11-9-14(18)12-5-3-4-6-13(12)15-11/h3-6,8H,2,7,9-10H2,1H3. The fraction of sp³-hybridized carbons (Fsp3) is 0.357. The maximum Gasteiger partial charge on any atom is 0.170 e. The molecule has 94 valence electrons.